The van der Waals surface area contributed by atoms with Crippen molar-refractivity contribution >= 4 is 11.3 Å². The zero-order valence-corrected chi connectivity index (χ0v) is 10.4. The monoisotopic (exact) mass is 234 g/mol. The highest BCUT2D eigenvalue weighted by atomic mass is 32.1. The molecule has 1 aromatic rings. The van der Waals surface area contributed by atoms with E-state index in [4.69, 9.17) is 6.42 Å². The van der Waals surface area contributed by atoms with Crippen LogP contribution in [0.3, 0.4) is 0 Å². The summed E-state index contributed by atoms with van der Waals surface area (Å²) in [7, 11) is 0. The number of aryl methyl sites for hydroxylation is 2. The minimum atomic E-state index is -0.302. The van der Waals surface area contributed by atoms with Crippen molar-refractivity contribution in [1.82, 2.24) is 0 Å². The Morgan fingerprint density at radius 3 is 3.00 bits per heavy atom. The molecule has 86 valence electrons. The van der Waals surface area contributed by atoms with Gasteiger partial charge in [0, 0.05) is 16.2 Å². The Hall–Kier alpha value is -0.780. The number of fused-ring (bicyclic) bond motifs is 1. The van der Waals surface area contributed by atoms with Crippen molar-refractivity contribution in [2.45, 2.75) is 51.0 Å². The lowest BCUT2D eigenvalue weighted by atomic mass is 9.98. The summed E-state index contributed by atoms with van der Waals surface area (Å²) < 4.78 is 0. The van der Waals surface area contributed by atoms with E-state index in [0.29, 0.717) is 0 Å². The summed E-state index contributed by atoms with van der Waals surface area (Å²) in [6, 6.07) is 2.21. The van der Waals surface area contributed by atoms with E-state index in [1.54, 1.807) is 11.3 Å². The van der Waals surface area contributed by atoms with Gasteiger partial charge >= 0.3 is 0 Å². The molecule has 1 heterocycles. The first-order valence-electron chi connectivity index (χ1n) is 6.04. The predicted octanol–water partition coefficient (Wildman–Crippen LogP) is 3.46. The summed E-state index contributed by atoms with van der Waals surface area (Å²) in [4.78, 5) is 2.64. The van der Waals surface area contributed by atoms with Gasteiger partial charge in [-0.05, 0) is 50.2 Å². The maximum atomic E-state index is 10.0. The van der Waals surface area contributed by atoms with Crippen molar-refractivity contribution in [3.8, 4) is 12.3 Å². The van der Waals surface area contributed by atoms with Gasteiger partial charge in [0.05, 0.1) is 6.10 Å². The van der Waals surface area contributed by atoms with Crippen LogP contribution in [0, 0.1) is 12.3 Å². The smallest absolute Gasteiger partial charge is 0.0882 e. The van der Waals surface area contributed by atoms with Gasteiger partial charge in [0.2, 0.25) is 0 Å². The molecule has 1 aliphatic rings. The Kier molecular flexibility index (Phi) is 4.04. The molecule has 0 bridgehead atoms. The van der Waals surface area contributed by atoms with Crippen molar-refractivity contribution in [3.05, 3.63) is 21.4 Å². The van der Waals surface area contributed by atoms with Crippen molar-refractivity contribution < 1.29 is 5.11 Å². The van der Waals surface area contributed by atoms with Crippen LogP contribution in [0.1, 0.15) is 53.5 Å². The number of hydrogen-bond donors (Lipinski definition) is 1. The largest absolute Gasteiger partial charge is 0.388 e. The third-order valence-corrected chi connectivity index (χ3v) is 4.48. The zero-order valence-electron chi connectivity index (χ0n) is 9.54. The van der Waals surface area contributed by atoms with Gasteiger partial charge in [-0.2, -0.15) is 0 Å². The topological polar surface area (TPSA) is 20.2 Å². The Labute approximate surface area is 102 Å². The molecule has 1 atom stereocenters. The number of aliphatic hydroxyl groups is 1. The van der Waals surface area contributed by atoms with Gasteiger partial charge in [0.25, 0.3) is 0 Å². The number of terminal acetylenes is 1. The maximum absolute atomic E-state index is 10.0. The molecular weight excluding hydrogens is 216 g/mol. The number of unbranched alkanes of at least 4 members (excludes halogenated alkanes) is 1. The Bertz CT molecular complexity index is 362. The lowest BCUT2D eigenvalue weighted by molar-refractivity contribution is 0.169. The van der Waals surface area contributed by atoms with Gasteiger partial charge in [-0.25, -0.2) is 0 Å². The number of rotatable bonds is 4. The predicted molar refractivity (Wildman–Crippen MR) is 68.6 cm³/mol. The second kappa shape index (κ2) is 5.52. The molecule has 0 fully saturated rings. The zero-order chi connectivity index (χ0) is 11.4. The van der Waals surface area contributed by atoms with E-state index in [9.17, 15) is 5.11 Å². The van der Waals surface area contributed by atoms with Crippen molar-refractivity contribution in [2.75, 3.05) is 0 Å². The van der Waals surface area contributed by atoms with E-state index in [-0.39, 0.29) is 6.10 Å². The molecule has 0 aromatic carbocycles. The molecular formula is C14H18OS. The first-order valence-corrected chi connectivity index (χ1v) is 6.86. The molecule has 0 spiro atoms. The molecule has 1 nitrogen and oxygen atoms in total. The molecule has 0 amide bonds. The third-order valence-electron chi connectivity index (χ3n) is 3.14. The van der Waals surface area contributed by atoms with Gasteiger partial charge in [-0.3, -0.25) is 0 Å². The van der Waals surface area contributed by atoms with E-state index in [2.05, 4.69) is 12.0 Å². The summed E-state index contributed by atoms with van der Waals surface area (Å²) in [5.41, 5.74) is 1.47. The normalized spacial score (nSPS) is 16.5. The third kappa shape index (κ3) is 2.66. The van der Waals surface area contributed by atoms with Crippen LogP contribution in [0.5, 0.6) is 0 Å². The number of aliphatic hydroxyl groups excluding tert-OH is 1. The Balaban J connectivity index is 1.98. The SMILES string of the molecule is C#CCCCC(O)c1cc2c(s1)CCCC2. The lowest BCUT2D eigenvalue weighted by Gasteiger charge is -2.08. The fourth-order valence-electron chi connectivity index (χ4n) is 2.22. The van der Waals surface area contributed by atoms with E-state index in [1.165, 1.54) is 36.1 Å². The maximum Gasteiger partial charge on any atom is 0.0882 e. The summed E-state index contributed by atoms with van der Waals surface area (Å²) in [6.45, 7) is 0. The second-order valence-corrected chi connectivity index (χ2v) is 5.58. The van der Waals surface area contributed by atoms with Crippen molar-refractivity contribution in [1.29, 1.82) is 0 Å². The number of thiophene rings is 1. The molecule has 1 unspecified atom stereocenters. The minimum Gasteiger partial charge on any atom is -0.388 e. The van der Waals surface area contributed by atoms with Crippen LogP contribution in [0.25, 0.3) is 0 Å². The highest BCUT2D eigenvalue weighted by molar-refractivity contribution is 7.12. The quantitative estimate of drug-likeness (QED) is 0.625. The molecule has 0 radical (unpaired) electrons. The van der Waals surface area contributed by atoms with E-state index < -0.39 is 0 Å². The Morgan fingerprint density at radius 2 is 2.25 bits per heavy atom. The average molecular weight is 234 g/mol. The summed E-state index contributed by atoms with van der Waals surface area (Å²) >= 11 is 1.80. The standard InChI is InChI=1S/C14H18OS/c1-2-3-4-8-12(15)14-10-11-7-5-6-9-13(11)16-14/h1,10,12,15H,3-9H2. The number of hydrogen-bond acceptors (Lipinski definition) is 2. The minimum absolute atomic E-state index is 0.302. The Morgan fingerprint density at radius 1 is 1.44 bits per heavy atom. The van der Waals surface area contributed by atoms with Gasteiger partial charge < -0.3 is 5.11 Å². The highest BCUT2D eigenvalue weighted by Gasteiger charge is 2.17. The van der Waals surface area contributed by atoms with Gasteiger partial charge in [-0.1, -0.05) is 0 Å². The molecule has 0 saturated heterocycles. The molecule has 1 aliphatic carbocycles. The highest BCUT2D eigenvalue weighted by Crippen LogP contribution is 2.34. The second-order valence-electron chi connectivity index (χ2n) is 4.42. The van der Waals surface area contributed by atoms with E-state index in [0.717, 1.165) is 24.1 Å². The lowest BCUT2D eigenvalue weighted by Crippen LogP contribution is -1.96. The first-order chi connectivity index (χ1) is 7.81. The molecule has 1 N–H and O–H groups in total. The molecule has 1 aromatic heterocycles. The van der Waals surface area contributed by atoms with Crippen LogP contribution in [-0.4, -0.2) is 5.11 Å². The van der Waals surface area contributed by atoms with Gasteiger partial charge in [0.15, 0.2) is 0 Å². The fourth-order valence-corrected chi connectivity index (χ4v) is 3.50. The summed E-state index contributed by atoms with van der Waals surface area (Å²) in [5, 5.41) is 10.0. The van der Waals surface area contributed by atoms with Crippen LogP contribution in [0.4, 0.5) is 0 Å². The van der Waals surface area contributed by atoms with Crippen molar-refractivity contribution in [2.24, 2.45) is 0 Å². The fraction of sp³-hybridized carbons (Fsp3) is 0.571. The molecule has 2 rings (SSSR count). The molecule has 16 heavy (non-hydrogen) atoms. The van der Waals surface area contributed by atoms with Crippen LogP contribution in [0.15, 0.2) is 6.07 Å². The van der Waals surface area contributed by atoms with E-state index in [1.807, 2.05) is 0 Å². The van der Waals surface area contributed by atoms with Crippen LogP contribution < -0.4 is 0 Å². The molecule has 2 heteroatoms. The molecule has 0 saturated carbocycles. The van der Waals surface area contributed by atoms with Gasteiger partial charge in [-0.15, -0.1) is 23.7 Å². The van der Waals surface area contributed by atoms with Gasteiger partial charge in [0.1, 0.15) is 0 Å². The van der Waals surface area contributed by atoms with Crippen molar-refractivity contribution in [3.63, 3.8) is 0 Å². The molecule has 0 aliphatic heterocycles. The van der Waals surface area contributed by atoms with Crippen LogP contribution in [-0.2, 0) is 12.8 Å². The summed E-state index contributed by atoms with van der Waals surface area (Å²) in [6.07, 6.45) is 12.4. The first kappa shape index (κ1) is 11.7. The van der Waals surface area contributed by atoms with Crippen LogP contribution >= 0.6 is 11.3 Å². The van der Waals surface area contributed by atoms with Crippen LogP contribution in [0.2, 0.25) is 0 Å². The average Bonchev–Trinajstić information content (AvgIpc) is 2.73. The van der Waals surface area contributed by atoms with E-state index >= 15 is 0 Å². The summed E-state index contributed by atoms with van der Waals surface area (Å²) in [5.74, 6) is 2.62.